The van der Waals surface area contributed by atoms with Gasteiger partial charge in [-0.1, -0.05) is 0 Å². The topological polar surface area (TPSA) is 70.3 Å². The minimum atomic E-state index is -0.615. The number of nitrogens with zero attached hydrogens (tertiary/aromatic N) is 1. The molecular formula is C6H7NO3. The zero-order chi connectivity index (χ0) is 7.82. The number of esters is 1. The van der Waals surface area contributed by atoms with Crippen molar-refractivity contribution in [3.8, 4) is 6.07 Å². The fraction of sp³-hybridized carbons (Fsp3) is 0.333. The maximum Gasteiger partial charge on any atom is 0.331 e. The number of hydrogen-bond donors (Lipinski definition) is 1. The molecule has 0 radical (unpaired) electrons. The lowest BCUT2D eigenvalue weighted by molar-refractivity contribution is -0.138. The summed E-state index contributed by atoms with van der Waals surface area (Å²) in [5.41, 5.74) is 0. The van der Waals surface area contributed by atoms with E-state index in [2.05, 4.69) is 4.74 Å². The van der Waals surface area contributed by atoms with Crippen molar-refractivity contribution in [3.05, 3.63) is 12.2 Å². The molecule has 0 aliphatic rings. The van der Waals surface area contributed by atoms with Crippen molar-refractivity contribution in [1.29, 1.82) is 5.26 Å². The summed E-state index contributed by atoms with van der Waals surface area (Å²) in [7, 11) is 0. The van der Waals surface area contributed by atoms with Gasteiger partial charge < -0.3 is 9.84 Å². The third-order valence-corrected chi connectivity index (χ3v) is 0.630. The van der Waals surface area contributed by atoms with Crippen LogP contribution in [0.1, 0.15) is 0 Å². The highest BCUT2D eigenvalue weighted by atomic mass is 16.5. The van der Waals surface area contributed by atoms with Crippen molar-refractivity contribution in [2.24, 2.45) is 0 Å². The van der Waals surface area contributed by atoms with E-state index in [9.17, 15) is 4.79 Å². The van der Waals surface area contributed by atoms with E-state index in [0.717, 1.165) is 12.2 Å². The number of aliphatic hydroxyl groups excluding tert-OH is 1. The Morgan fingerprint density at radius 3 is 3.00 bits per heavy atom. The van der Waals surface area contributed by atoms with Gasteiger partial charge >= 0.3 is 5.97 Å². The van der Waals surface area contributed by atoms with Gasteiger partial charge in [0.05, 0.1) is 12.7 Å². The predicted octanol–water partition coefficient (Wildman–Crippen LogP) is -0.398. The summed E-state index contributed by atoms with van der Waals surface area (Å²) in [6, 6.07) is 1.63. The molecule has 54 valence electrons. The molecule has 0 spiro atoms. The smallest absolute Gasteiger partial charge is 0.331 e. The predicted molar refractivity (Wildman–Crippen MR) is 32.8 cm³/mol. The Morgan fingerprint density at radius 2 is 2.50 bits per heavy atom. The van der Waals surface area contributed by atoms with Crippen LogP contribution < -0.4 is 0 Å². The molecule has 0 aliphatic heterocycles. The number of carbonyl (C=O) groups excluding carboxylic acids is 1. The largest absolute Gasteiger partial charge is 0.460 e. The lowest BCUT2D eigenvalue weighted by Gasteiger charge is -1.94. The van der Waals surface area contributed by atoms with Gasteiger partial charge in [0.15, 0.2) is 0 Å². The minimum absolute atomic E-state index is 0.0331. The van der Waals surface area contributed by atoms with Gasteiger partial charge in [-0.25, -0.2) is 4.79 Å². The van der Waals surface area contributed by atoms with Crippen molar-refractivity contribution < 1.29 is 14.6 Å². The molecule has 0 heterocycles. The second-order valence-electron chi connectivity index (χ2n) is 1.35. The minimum Gasteiger partial charge on any atom is -0.460 e. The maximum atomic E-state index is 10.4. The van der Waals surface area contributed by atoms with E-state index in [1.165, 1.54) is 0 Å². The van der Waals surface area contributed by atoms with Gasteiger partial charge in [-0.2, -0.15) is 5.26 Å². The summed E-state index contributed by atoms with van der Waals surface area (Å²) in [6.07, 6.45) is 2.01. The van der Waals surface area contributed by atoms with Gasteiger partial charge in [-0.15, -0.1) is 0 Å². The number of hydrogen-bond acceptors (Lipinski definition) is 4. The first kappa shape index (κ1) is 8.66. The van der Waals surface area contributed by atoms with E-state index in [4.69, 9.17) is 10.4 Å². The van der Waals surface area contributed by atoms with Crippen LogP contribution in [0, 0.1) is 11.3 Å². The van der Waals surface area contributed by atoms with E-state index in [1.807, 2.05) is 0 Å². The molecule has 0 saturated carbocycles. The van der Waals surface area contributed by atoms with Crippen LogP contribution in [-0.2, 0) is 9.53 Å². The molecule has 0 rings (SSSR count). The Hall–Kier alpha value is -1.34. The van der Waals surface area contributed by atoms with Crippen LogP contribution in [0.5, 0.6) is 0 Å². The number of allylic oxidation sites excluding steroid dienone is 1. The van der Waals surface area contributed by atoms with Gasteiger partial charge in [0.1, 0.15) is 6.61 Å². The first-order valence-electron chi connectivity index (χ1n) is 2.65. The summed E-state index contributed by atoms with van der Waals surface area (Å²) in [4.78, 5) is 10.4. The average Bonchev–Trinajstić information content (AvgIpc) is 1.97. The monoisotopic (exact) mass is 141 g/mol. The summed E-state index contributed by atoms with van der Waals surface area (Å²) in [5, 5.41) is 16.1. The summed E-state index contributed by atoms with van der Waals surface area (Å²) < 4.78 is 4.37. The molecule has 0 saturated heterocycles. The Balaban J connectivity index is 3.46. The molecule has 0 aromatic carbocycles. The lowest BCUT2D eigenvalue weighted by atomic mass is 10.5. The molecule has 4 nitrogen and oxygen atoms in total. The third-order valence-electron chi connectivity index (χ3n) is 0.630. The first-order chi connectivity index (χ1) is 4.81. The molecule has 1 N–H and O–H groups in total. The molecule has 0 unspecified atom stereocenters. The molecule has 10 heavy (non-hydrogen) atoms. The van der Waals surface area contributed by atoms with Crippen molar-refractivity contribution in [3.63, 3.8) is 0 Å². The van der Waals surface area contributed by atoms with Crippen molar-refractivity contribution in [1.82, 2.24) is 0 Å². The first-order valence-corrected chi connectivity index (χ1v) is 2.65. The Labute approximate surface area is 58.3 Å². The molecule has 0 aromatic rings. The van der Waals surface area contributed by atoms with Crippen LogP contribution in [-0.4, -0.2) is 24.3 Å². The zero-order valence-electron chi connectivity index (χ0n) is 5.28. The molecule has 0 aliphatic carbocycles. The average molecular weight is 141 g/mol. The normalized spacial score (nSPS) is 9.20. The molecule has 0 fully saturated rings. The van der Waals surface area contributed by atoms with Gasteiger partial charge in [-0.05, 0) is 0 Å². The van der Waals surface area contributed by atoms with Crippen LogP contribution in [0.25, 0.3) is 0 Å². The van der Waals surface area contributed by atoms with Gasteiger partial charge in [0.25, 0.3) is 0 Å². The molecule has 0 atom stereocenters. The van der Waals surface area contributed by atoms with Crippen molar-refractivity contribution in [2.45, 2.75) is 0 Å². The highest BCUT2D eigenvalue weighted by Crippen LogP contribution is 1.79. The van der Waals surface area contributed by atoms with E-state index < -0.39 is 5.97 Å². The number of rotatable bonds is 3. The van der Waals surface area contributed by atoms with Crippen molar-refractivity contribution >= 4 is 5.97 Å². The van der Waals surface area contributed by atoms with Crippen LogP contribution in [0.15, 0.2) is 12.2 Å². The van der Waals surface area contributed by atoms with Crippen LogP contribution in [0.3, 0.4) is 0 Å². The number of aliphatic hydroxyl groups is 1. The number of nitriles is 1. The Bertz CT molecular complexity index is 168. The van der Waals surface area contributed by atoms with Gasteiger partial charge in [0.2, 0.25) is 0 Å². The van der Waals surface area contributed by atoms with E-state index in [1.54, 1.807) is 6.07 Å². The summed E-state index contributed by atoms with van der Waals surface area (Å²) >= 11 is 0. The fourth-order valence-electron chi connectivity index (χ4n) is 0.300. The number of carbonyl (C=O) groups is 1. The van der Waals surface area contributed by atoms with Gasteiger partial charge in [0, 0.05) is 12.2 Å². The highest BCUT2D eigenvalue weighted by molar-refractivity contribution is 5.82. The highest BCUT2D eigenvalue weighted by Gasteiger charge is 1.92. The number of ether oxygens (including phenoxy) is 1. The standard InChI is InChI=1S/C6H7NO3/c7-3-1-2-6(9)10-5-4-8/h1-2,8H,4-5H2. The van der Waals surface area contributed by atoms with Crippen LogP contribution in [0.4, 0.5) is 0 Å². The molecular weight excluding hydrogens is 134 g/mol. The van der Waals surface area contributed by atoms with Gasteiger partial charge in [-0.3, -0.25) is 0 Å². The molecule has 0 aromatic heterocycles. The quantitative estimate of drug-likeness (QED) is 0.330. The summed E-state index contributed by atoms with van der Waals surface area (Å²) in [5.74, 6) is -0.615. The SMILES string of the molecule is N#CC=CC(=O)OCCO. The molecule has 4 heteroatoms. The second-order valence-corrected chi connectivity index (χ2v) is 1.35. The summed E-state index contributed by atoms with van der Waals surface area (Å²) in [6.45, 7) is -0.235. The van der Waals surface area contributed by atoms with E-state index in [0.29, 0.717) is 0 Å². The third kappa shape index (κ3) is 4.81. The van der Waals surface area contributed by atoms with E-state index in [-0.39, 0.29) is 13.2 Å². The Morgan fingerprint density at radius 1 is 1.80 bits per heavy atom. The fourth-order valence-corrected chi connectivity index (χ4v) is 0.300. The Kier molecular flexibility index (Phi) is 5.01. The maximum absolute atomic E-state index is 10.4. The molecule has 0 bridgehead atoms. The lowest BCUT2D eigenvalue weighted by Crippen LogP contribution is -2.04. The second kappa shape index (κ2) is 5.79. The van der Waals surface area contributed by atoms with Crippen LogP contribution >= 0.6 is 0 Å². The zero-order valence-corrected chi connectivity index (χ0v) is 5.28. The van der Waals surface area contributed by atoms with Crippen LogP contribution in [0.2, 0.25) is 0 Å². The van der Waals surface area contributed by atoms with E-state index >= 15 is 0 Å². The molecule has 0 amide bonds. The van der Waals surface area contributed by atoms with Crippen molar-refractivity contribution in [2.75, 3.05) is 13.2 Å².